The van der Waals surface area contributed by atoms with Gasteiger partial charge in [-0.3, -0.25) is 4.79 Å². The maximum atomic E-state index is 12.7. The average Bonchev–Trinajstić information content (AvgIpc) is 2.97. The fraction of sp³-hybridized carbons (Fsp3) is 0.0588. The van der Waals surface area contributed by atoms with E-state index in [0.29, 0.717) is 16.2 Å². The van der Waals surface area contributed by atoms with Crippen LogP contribution >= 0.6 is 11.3 Å². The second kappa shape index (κ2) is 5.99. The second-order valence-corrected chi connectivity index (χ2v) is 5.63. The lowest BCUT2D eigenvalue weighted by molar-refractivity contribution is 0.104. The van der Waals surface area contributed by atoms with Gasteiger partial charge in [-0.15, -0.1) is 11.3 Å². The number of carbonyl (C=O) groups excluding carboxylic acids is 1. The van der Waals surface area contributed by atoms with Gasteiger partial charge in [-0.2, -0.15) is 0 Å². The number of para-hydroxylation sites is 1. The molecule has 0 aliphatic heterocycles. The van der Waals surface area contributed by atoms with E-state index in [1.54, 1.807) is 18.2 Å². The zero-order valence-corrected chi connectivity index (χ0v) is 12.8. The number of ketones is 1. The maximum Gasteiger partial charge on any atom is 0.210 e. The van der Waals surface area contributed by atoms with E-state index in [1.807, 2.05) is 36.4 Å². The normalized spacial score (nSPS) is 10.4. The van der Waals surface area contributed by atoms with E-state index in [2.05, 4.69) is 4.98 Å². The minimum atomic E-state index is -0.172. The van der Waals surface area contributed by atoms with Gasteiger partial charge in [-0.25, -0.2) is 4.98 Å². The van der Waals surface area contributed by atoms with Crippen LogP contribution in [0, 0.1) is 0 Å². The largest absolute Gasteiger partial charge is 0.496 e. The first-order valence-corrected chi connectivity index (χ1v) is 7.52. The van der Waals surface area contributed by atoms with Crippen molar-refractivity contribution in [3.63, 3.8) is 0 Å². The summed E-state index contributed by atoms with van der Waals surface area (Å²) in [5, 5.41) is 0.733. The molecule has 3 aromatic rings. The summed E-state index contributed by atoms with van der Waals surface area (Å²) in [6.07, 6.45) is 0. The van der Waals surface area contributed by atoms with Crippen LogP contribution in [0.2, 0.25) is 0 Å². The van der Waals surface area contributed by atoms with E-state index >= 15 is 0 Å². The van der Waals surface area contributed by atoms with Crippen LogP contribution in [0.15, 0.2) is 54.6 Å². The Bertz CT molecular complexity index is 813. The first-order chi connectivity index (χ1) is 10.7. The van der Waals surface area contributed by atoms with Gasteiger partial charge in [0.15, 0.2) is 0 Å². The number of methoxy groups -OCH3 is 1. The topological polar surface area (TPSA) is 65.2 Å². The quantitative estimate of drug-likeness (QED) is 0.747. The Morgan fingerprint density at radius 2 is 1.77 bits per heavy atom. The first-order valence-electron chi connectivity index (χ1n) is 6.70. The number of rotatable bonds is 4. The fourth-order valence-corrected chi connectivity index (χ4v) is 3.10. The van der Waals surface area contributed by atoms with Crippen molar-refractivity contribution in [2.45, 2.75) is 0 Å². The van der Waals surface area contributed by atoms with Gasteiger partial charge in [0.25, 0.3) is 0 Å². The van der Waals surface area contributed by atoms with Gasteiger partial charge in [0.2, 0.25) is 5.78 Å². The van der Waals surface area contributed by atoms with Crippen LogP contribution in [0.4, 0.5) is 5.82 Å². The molecule has 0 aliphatic carbocycles. The van der Waals surface area contributed by atoms with Gasteiger partial charge in [0, 0.05) is 5.56 Å². The van der Waals surface area contributed by atoms with Crippen molar-refractivity contribution >= 4 is 22.9 Å². The fourth-order valence-electron chi connectivity index (χ4n) is 2.15. The van der Waals surface area contributed by atoms with E-state index < -0.39 is 0 Å². The molecule has 0 bridgehead atoms. The highest BCUT2D eigenvalue weighted by molar-refractivity contribution is 7.17. The van der Waals surface area contributed by atoms with E-state index in [-0.39, 0.29) is 11.6 Å². The third kappa shape index (κ3) is 2.58. The molecule has 0 unspecified atom stereocenters. The molecular weight excluding hydrogens is 296 g/mol. The molecule has 0 atom stereocenters. The van der Waals surface area contributed by atoms with Gasteiger partial charge in [-0.1, -0.05) is 42.5 Å². The van der Waals surface area contributed by atoms with Crippen LogP contribution in [-0.2, 0) is 0 Å². The molecule has 5 heteroatoms. The molecule has 110 valence electrons. The van der Waals surface area contributed by atoms with Crippen molar-refractivity contribution in [3.8, 4) is 16.3 Å². The Balaban J connectivity index is 2.02. The predicted octanol–water partition coefficient (Wildman–Crippen LogP) is 3.63. The summed E-state index contributed by atoms with van der Waals surface area (Å²) < 4.78 is 5.24. The standard InChI is InChI=1S/C17H14N2O2S/c1-21-13-10-6-5-9-12(13)14(20)15-16(18)19-17(22-15)11-7-3-2-4-8-11/h2-10H,18H2,1H3. The number of hydrogen-bond donors (Lipinski definition) is 1. The Labute approximate surface area is 132 Å². The lowest BCUT2D eigenvalue weighted by atomic mass is 10.1. The molecule has 22 heavy (non-hydrogen) atoms. The maximum absolute atomic E-state index is 12.7. The summed E-state index contributed by atoms with van der Waals surface area (Å²) in [6, 6.07) is 16.8. The average molecular weight is 310 g/mol. The van der Waals surface area contributed by atoms with Gasteiger partial charge in [0.1, 0.15) is 21.5 Å². The highest BCUT2D eigenvalue weighted by atomic mass is 32.1. The Morgan fingerprint density at radius 3 is 2.50 bits per heavy atom. The van der Waals surface area contributed by atoms with Crippen molar-refractivity contribution in [3.05, 3.63) is 65.0 Å². The highest BCUT2D eigenvalue weighted by Gasteiger charge is 2.21. The Kier molecular flexibility index (Phi) is 3.89. The van der Waals surface area contributed by atoms with E-state index in [9.17, 15) is 4.79 Å². The minimum absolute atomic E-state index is 0.172. The molecule has 0 saturated heterocycles. The van der Waals surface area contributed by atoms with Crippen molar-refractivity contribution in [2.24, 2.45) is 0 Å². The molecule has 1 aromatic heterocycles. The smallest absolute Gasteiger partial charge is 0.210 e. The molecule has 0 radical (unpaired) electrons. The Morgan fingerprint density at radius 1 is 1.09 bits per heavy atom. The molecule has 4 nitrogen and oxygen atoms in total. The van der Waals surface area contributed by atoms with Crippen LogP contribution in [-0.4, -0.2) is 17.9 Å². The van der Waals surface area contributed by atoms with E-state index in [4.69, 9.17) is 10.5 Å². The highest BCUT2D eigenvalue weighted by Crippen LogP contribution is 2.32. The monoisotopic (exact) mass is 310 g/mol. The van der Waals surface area contributed by atoms with Gasteiger partial charge >= 0.3 is 0 Å². The SMILES string of the molecule is COc1ccccc1C(=O)c1sc(-c2ccccc2)nc1N. The number of anilines is 1. The van der Waals surface area contributed by atoms with Crippen molar-refractivity contribution in [2.75, 3.05) is 12.8 Å². The lowest BCUT2D eigenvalue weighted by Gasteiger charge is -2.05. The Hall–Kier alpha value is -2.66. The van der Waals surface area contributed by atoms with Crippen molar-refractivity contribution < 1.29 is 9.53 Å². The molecule has 0 fully saturated rings. The number of nitrogen functional groups attached to an aromatic ring is 1. The van der Waals surface area contributed by atoms with Gasteiger partial charge in [0.05, 0.1) is 12.7 Å². The summed E-state index contributed by atoms with van der Waals surface area (Å²) in [4.78, 5) is 17.5. The summed E-state index contributed by atoms with van der Waals surface area (Å²) in [5.74, 6) is 0.607. The number of hydrogen-bond acceptors (Lipinski definition) is 5. The molecule has 0 saturated carbocycles. The van der Waals surface area contributed by atoms with Gasteiger partial charge < -0.3 is 10.5 Å². The van der Waals surface area contributed by atoms with Crippen LogP contribution in [0.5, 0.6) is 5.75 Å². The molecule has 3 rings (SSSR count). The van der Waals surface area contributed by atoms with Crippen LogP contribution in [0.1, 0.15) is 15.2 Å². The number of ether oxygens (including phenoxy) is 1. The van der Waals surface area contributed by atoms with E-state index in [0.717, 1.165) is 10.6 Å². The van der Waals surface area contributed by atoms with E-state index in [1.165, 1.54) is 18.4 Å². The lowest BCUT2D eigenvalue weighted by Crippen LogP contribution is -2.04. The number of benzene rings is 2. The number of thiazole rings is 1. The molecule has 2 N–H and O–H groups in total. The molecule has 0 amide bonds. The van der Waals surface area contributed by atoms with Gasteiger partial charge in [-0.05, 0) is 12.1 Å². The molecule has 0 aliphatic rings. The second-order valence-electron chi connectivity index (χ2n) is 4.63. The zero-order valence-electron chi connectivity index (χ0n) is 11.9. The first kappa shape index (κ1) is 14.3. The van der Waals surface area contributed by atoms with Crippen molar-refractivity contribution in [1.82, 2.24) is 4.98 Å². The number of aromatic nitrogens is 1. The summed E-state index contributed by atoms with van der Waals surface area (Å²) >= 11 is 1.29. The summed E-state index contributed by atoms with van der Waals surface area (Å²) in [7, 11) is 1.54. The zero-order chi connectivity index (χ0) is 15.5. The number of nitrogens with zero attached hydrogens (tertiary/aromatic N) is 1. The van der Waals surface area contributed by atoms with Crippen molar-refractivity contribution in [1.29, 1.82) is 0 Å². The third-order valence-corrected chi connectivity index (χ3v) is 4.35. The molecule has 1 heterocycles. The molecular formula is C17H14N2O2S. The number of carbonyl (C=O) groups is 1. The summed E-state index contributed by atoms with van der Waals surface area (Å²) in [5.41, 5.74) is 7.38. The number of nitrogens with two attached hydrogens (primary N) is 1. The third-order valence-electron chi connectivity index (χ3n) is 3.23. The van der Waals surface area contributed by atoms with Crippen LogP contribution < -0.4 is 10.5 Å². The van der Waals surface area contributed by atoms with Crippen LogP contribution in [0.3, 0.4) is 0 Å². The molecule has 0 spiro atoms. The predicted molar refractivity (Wildman–Crippen MR) is 88.4 cm³/mol. The molecule has 2 aromatic carbocycles. The minimum Gasteiger partial charge on any atom is -0.496 e. The van der Waals surface area contributed by atoms with Crippen LogP contribution in [0.25, 0.3) is 10.6 Å². The summed E-state index contributed by atoms with van der Waals surface area (Å²) in [6.45, 7) is 0.